The summed E-state index contributed by atoms with van der Waals surface area (Å²) in [5.74, 6) is 0.00145. The lowest BCUT2D eigenvalue weighted by molar-refractivity contribution is -0.140. The van der Waals surface area contributed by atoms with Crippen molar-refractivity contribution in [3.8, 4) is 5.75 Å². The van der Waals surface area contributed by atoms with E-state index < -0.39 is 0 Å². The summed E-state index contributed by atoms with van der Waals surface area (Å²) in [7, 11) is 1.34. The van der Waals surface area contributed by atoms with Gasteiger partial charge in [-0.3, -0.25) is 4.79 Å². The van der Waals surface area contributed by atoms with Gasteiger partial charge >= 0.3 is 5.97 Å². The maximum atomic E-state index is 13.1. The highest BCUT2D eigenvalue weighted by molar-refractivity contribution is 5.69. The number of aryl methyl sites for hydroxylation is 1. The lowest BCUT2D eigenvalue weighted by Crippen LogP contribution is -2.04. The van der Waals surface area contributed by atoms with Gasteiger partial charge in [0.1, 0.15) is 11.6 Å². The zero-order valence-electron chi connectivity index (χ0n) is 10.2. The molecule has 0 aromatic heterocycles. The molecule has 1 aromatic rings. The second kappa shape index (κ2) is 6.89. The second-order valence-electron chi connectivity index (χ2n) is 3.68. The lowest BCUT2D eigenvalue weighted by Gasteiger charge is -2.10. The average Bonchev–Trinajstić information content (AvgIpc) is 2.34. The van der Waals surface area contributed by atoms with E-state index >= 15 is 0 Å². The molecule has 0 atom stereocenters. The topological polar surface area (TPSA) is 35.5 Å². The number of esters is 1. The molecular weight excluding hydrogens is 223 g/mol. The molecule has 4 heteroatoms. The van der Waals surface area contributed by atoms with Crippen molar-refractivity contribution >= 4 is 5.97 Å². The van der Waals surface area contributed by atoms with Gasteiger partial charge in [-0.15, -0.1) is 0 Å². The van der Waals surface area contributed by atoms with Crippen molar-refractivity contribution in [3.63, 3.8) is 0 Å². The molecule has 1 aromatic carbocycles. The molecule has 0 aliphatic heterocycles. The molecule has 0 heterocycles. The molecule has 0 unspecified atom stereocenters. The van der Waals surface area contributed by atoms with Crippen molar-refractivity contribution in [2.45, 2.75) is 26.2 Å². The first-order chi connectivity index (χ1) is 8.17. The Bertz CT molecular complexity index is 377. The average molecular weight is 240 g/mol. The number of carbonyl (C=O) groups is 1. The third kappa shape index (κ3) is 4.43. The number of ether oxygens (including phenoxy) is 2. The number of methoxy groups -OCH3 is 1. The fourth-order valence-corrected chi connectivity index (χ4v) is 1.44. The molecule has 0 saturated heterocycles. The highest BCUT2D eigenvalue weighted by Gasteiger charge is 2.08. The number of benzene rings is 1. The second-order valence-corrected chi connectivity index (χ2v) is 3.68. The standard InChI is InChI=1S/C13H17FO3/c1-3-8-17-12-6-5-11(14)9-10(12)4-7-13(15)16-2/h5-6,9H,3-4,7-8H2,1-2H3. The Morgan fingerprint density at radius 3 is 2.82 bits per heavy atom. The molecule has 0 N–H and O–H groups in total. The largest absolute Gasteiger partial charge is 0.493 e. The summed E-state index contributed by atoms with van der Waals surface area (Å²) in [6, 6.07) is 4.35. The first-order valence-electron chi connectivity index (χ1n) is 5.65. The van der Waals surface area contributed by atoms with E-state index in [9.17, 15) is 9.18 Å². The maximum Gasteiger partial charge on any atom is 0.305 e. The third-order valence-corrected chi connectivity index (χ3v) is 2.31. The Kier molecular flexibility index (Phi) is 5.46. The molecule has 0 bridgehead atoms. The Balaban J connectivity index is 2.72. The van der Waals surface area contributed by atoms with Gasteiger partial charge in [0, 0.05) is 6.42 Å². The normalized spacial score (nSPS) is 10.1. The summed E-state index contributed by atoms with van der Waals surface area (Å²) in [5, 5.41) is 0. The highest BCUT2D eigenvalue weighted by atomic mass is 19.1. The van der Waals surface area contributed by atoms with E-state index in [2.05, 4.69) is 4.74 Å². The number of hydrogen-bond acceptors (Lipinski definition) is 3. The first kappa shape index (κ1) is 13.5. The Morgan fingerprint density at radius 1 is 1.41 bits per heavy atom. The van der Waals surface area contributed by atoms with Crippen LogP contribution in [0.25, 0.3) is 0 Å². The maximum absolute atomic E-state index is 13.1. The van der Waals surface area contributed by atoms with E-state index in [1.54, 1.807) is 6.07 Å². The van der Waals surface area contributed by atoms with Crippen LogP contribution in [0.4, 0.5) is 4.39 Å². The van der Waals surface area contributed by atoms with Gasteiger partial charge in [-0.25, -0.2) is 4.39 Å². The number of rotatable bonds is 6. The summed E-state index contributed by atoms with van der Waals surface area (Å²) < 4.78 is 23.1. The molecule has 17 heavy (non-hydrogen) atoms. The van der Waals surface area contributed by atoms with Crippen LogP contribution in [-0.4, -0.2) is 19.7 Å². The van der Waals surface area contributed by atoms with Crippen LogP contribution >= 0.6 is 0 Å². The molecular formula is C13H17FO3. The van der Waals surface area contributed by atoms with Crippen molar-refractivity contribution < 1.29 is 18.7 Å². The first-order valence-corrected chi connectivity index (χ1v) is 5.65. The quantitative estimate of drug-likeness (QED) is 0.717. The van der Waals surface area contributed by atoms with Crippen LogP contribution in [0.5, 0.6) is 5.75 Å². The van der Waals surface area contributed by atoms with Crippen LogP contribution in [0.15, 0.2) is 18.2 Å². The van der Waals surface area contributed by atoms with Gasteiger partial charge < -0.3 is 9.47 Å². The minimum absolute atomic E-state index is 0.225. The summed E-state index contributed by atoms with van der Waals surface area (Å²) in [4.78, 5) is 11.0. The Morgan fingerprint density at radius 2 is 2.18 bits per heavy atom. The van der Waals surface area contributed by atoms with Gasteiger partial charge in [-0.1, -0.05) is 6.92 Å². The monoisotopic (exact) mass is 240 g/mol. The summed E-state index contributed by atoms with van der Waals surface area (Å²) in [5.41, 5.74) is 0.698. The van der Waals surface area contributed by atoms with Crippen LogP contribution in [0.1, 0.15) is 25.3 Å². The zero-order valence-corrected chi connectivity index (χ0v) is 10.2. The molecule has 0 radical (unpaired) electrons. The van der Waals surface area contributed by atoms with E-state index in [1.807, 2.05) is 6.92 Å². The molecule has 3 nitrogen and oxygen atoms in total. The molecule has 0 saturated carbocycles. The number of hydrogen-bond donors (Lipinski definition) is 0. The van der Waals surface area contributed by atoms with Crippen molar-refractivity contribution in [2.75, 3.05) is 13.7 Å². The van der Waals surface area contributed by atoms with Crippen molar-refractivity contribution in [1.82, 2.24) is 0 Å². The Labute approximate surface area is 101 Å². The smallest absolute Gasteiger partial charge is 0.305 e. The number of halogens is 1. The van der Waals surface area contributed by atoms with Crippen LogP contribution in [0, 0.1) is 5.82 Å². The van der Waals surface area contributed by atoms with Crippen molar-refractivity contribution in [2.24, 2.45) is 0 Å². The summed E-state index contributed by atoms with van der Waals surface area (Å²) in [6.45, 7) is 2.58. The Hall–Kier alpha value is -1.58. The highest BCUT2D eigenvalue weighted by Crippen LogP contribution is 2.21. The molecule has 1 rings (SSSR count). The summed E-state index contributed by atoms with van der Waals surface area (Å²) in [6.07, 6.45) is 1.53. The van der Waals surface area contributed by atoms with Crippen LogP contribution in [0.2, 0.25) is 0 Å². The van der Waals surface area contributed by atoms with Gasteiger partial charge in [-0.05, 0) is 36.6 Å². The van der Waals surface area contributed by atoms with Gasteiger partial charge in [0.05, 0.1) is 13.7 Å². The van der Waals surface area contributed by atoms with Crippen molar-refractivity contribution in [3.05, 3.63) is 29.6 Å². The zero-order chi connectivity index (χ0) is 12.7. The van der Waals surface area contributed by atoms with Gasteiger partial charge in [-0.2, -0.15) is 0 Å². The predicted molar refractivity (Wildman–Crippen MR) is 62.5 cm³/mol. The third-order valence-electron chi connectivity index (χ3n) is 2.31. The lowest BCUT2D eigenvalue weighted by atomic mass is 10.1. The van der Waals surface area contributed by atoms with Gasteiger partial charge in [0.15, 0.2) is 0 Å². The minimum Gasteiger partial charge on any atom is -0.493 e. The van der Waals surface area contributed by atoms with E-state index in [0.717, 1.165) is 6.42 Å². The molecule has 0 spiro atoms. The van der Waals surface area contributed by atoms with Gasteiger partial charge in [0.2, 0.25) is 0 Å². The SMILES string of the molecule is CCCOc1ccc(F)cc1CCC(=O)OC. The van der Waals surface area contributed by atoms with Crippen molar-refractivity contribution in [1.29, 1.82) is 0 Å². The molecule has 94 valence electrons. The van der Waals surface area contributed by atoms with Crippen LogP contribution < -0.4 is 4.74 Å². The van der Waals surface area contributed by atoms with Gasteiger partial charge in [0.25, 0.3) is 0 Å². The summed E-state index contributed by atoms with van der Waals surface area (Å²) >= 11 is 0. The molecule has 0 aliphatic carbocycles. The predicted octanol–water partition coefficient (Wildman–Crippen LogP) is 2.72. The molecule has 0 aliphatic rings. The minimum atomic E-state index is -0.325. The van der Waals surface area contributed by atoms with E-state index in [4.69, 9.17) is 4.74 Å². The van der Waals surface area contributed by atoms with E-state index in [0.29, 0.717) is 24.3 Å². The van der Waals surface area contributed by atoms with Crippen LogP contribution in [0.3, 0.4) is 0 Å². The fraction of sp³-hybridized carbons (Fsp3) is 0.462. The van der Waals surface area contributed by atoms with E-state index in [-0.39, 0.29) is 18.2 Å². The number of carbonyl (C=O) groups excluding carboxylic acids is 1. The molecule has 0 fully saturated rings. The van der Waals surface area contributed by atoms with Crippen LogP contribution in [-0.2, 0) is 16.0 Å². The molecule has 0 amide bonds. The fourth-order valence-electron chi connectivity index (χ4n) is 1.44. The van der Waals surface area contributed by atoms with E-state index in [1.165, 1.54) is 19.2 Å².